The van der Waals surface area contributed by atoms with Crippen LogP contribution in [0.5, 0.6) is 0 Å². The normalized spacial score (nSPS) is 23.5. The van der Waals surface area contributed by atoms with Crippen molar-refractivity contribution in [2.45, 2.75) is 94.4 Å². The summed E-state index contributed by atoms with van der Waals surface area (Å²) >= 11 is 1.74. The van der Waals surface area contributed by atoms with Gasteiger partial charge in [0.2, 0.25) is 0 Å². The molecule has 5 rings (SSSR count). The Morgan fingerprint density at radius 2 is 2.00 bits per heavy atom. The van der Waals surface area contributed by atoms with Crippen molar-refractivity contribution < 1.29 is 4.74 Å². The van der Waals surface area contributed by atoms with Crippen molar-refractivity contribution in [3.05, 3.63) is 45.7 Å². The van der Waals surface area contributed by atoms with Crippen LogP contribution in [0.3, 0.4) is 0 Å². The van der Waals surface area contributed by atoms with E-state index in [1.165, 1.54) is 24.0 Å². The zero-order chi connectivity index (χ0) is 21.6. The van der Waals surface area contributed by atoms with Gasteiger partial charge in [-0.25, -0.2) is 4.98 Å². The average molecular weight is 439 g/mol. The largest absolute Gasteiger partial charge is 0.375 e. The van der Waals surface area contributed by atoms with Crippen LogP contribution in [0.25, 0.3) is 11.3 Å². The molecule has 2 aliphatic carbocycles. The van der Waals surface area contributed by atoms with Crippen LogP contribution in [0.4, 0.5) is 0 Å². The van der Waals surface area contributed by atoms with E-state index in [1.807, 2.05) is 0 Å². The number of fused-ring (bicyclic) bond motifs is 4. The summed E-state index contributed by atoms with van der Waals surface area (Å²) in [5, 5.41) is 0.901. The molecule has 1 aromatic heterocycles. The number of rotatable bonds is 4. The van der Waals surface area contributed by atoms with Crippen molar-refractivity contribution in [1.82, 2.24) is 9.55 Å². The highest BCUT2D eigenvalue weighted by molar-refractivity contribution is 7.99. The standard InChI is InChI=1S/C26H34N2O2S/c1-4-15-31-24-27-22-20-10-6-5-9-18(20)16-26(12-7-8-13-26)21(22)23(29)28(24)19-11-14-30-25(2,3)17-19/h5-6,9-10,19H,4,7-8,11-17H2,1-3H3. The second-order valence-electron chi connectivity index (χ2n) is 10.2. The van der Waals surface area contributed by atoms with Gasteiger partial charge in [0.1, 0.15) is 0 Å². The highest BCUT2D eigenvalue weighted by Gasteiger charge is 2.45. The van der Waals surface area contributed by atoms with Gasteiger partial charge in [0.05, 0.1) is 16.9 Å². The summed E-state index contributed by atoms with van der Waals surface area (Å²) in [6.45, 7) is 7.18. The van der Waals surface area contributed by atoms with E-state index in [9.17, 15) is 4.79 Å². The molecule has 0 amide bonds. The number of ether oxygens (including phenoxy) is 1. The first-order valence-electron chi connectivity index (χ1n) is 12.0. The van der Waals surface area contributed by atoms with Crippen molar-refractivity contribution in [2.24, 2.45) is 0 Å². The molecular formula is C26H34N2O2S. The fraction of sp³-hybridized carbons (Fsp3) is 0.615. The van der Waals surface area contributed by atoms with Gasteiger partial charge in [-0.15, -0.1) is 0 Å². The fourth-order valence-electron chi connectivity index (χ4n) is 6.06. The molecule has 3 aliphatic rings. The van der Waals surface area contributed by atoms with E-state index >= 15 is 0 Å². The summed E-state index contributed by atoms with van der Waals surface area (Å²) in [6, 6.07) is 8.78. The highest BCUT2D eigenvalue weighted by atomic mass is 32.2. The van der Waals surface area contributed by atoms with E-state index in [-0.39, 0.29) is 22.6 Å². The maximum atomic E-state index is 14.3. The summed E-state index contributed by atoms with van der Waals surface area (Å²) < 4.78 is 8.07. The molecule has 0 bridgehead atoms. The van der Waals surface area contributed by atoms with E-state index in [0.29, 0.717) is 6.61 Å². The molecule has 1 saturated carbocycles. The van der Waals surface area contributed by atoms with E-state index in [4.69, 9.17) is 9.72 Å². The van der Waals surface area contributed by atoms with Gasteiger partial charge in [0, 0.05) is 29.4 Å². The van der Waals surface area contributed by atoms with Gasteiger partial charge in [-0.3, -0.25) is 9.36 Å². The SMILES string of the molecule is CCCSc1nc2c(c(=O)n1C1CCOC(C)(C)C1)C1(CCCC1)Cc1ccccc1-2. The first-order valence-corrected chi connectivity index (χ1v) is 12.9. The predicted molar refractivity (Wildman–Crippen MR) is 127 cm³/mol. The zero-order valence-electron chi connectivity index (χ0n) is 19.1. The lowest BCUT2D eigenvalue weighted by atomic mass is 9.68. The molecule has 1 atom stereocenters. The topological polar surface area (TPSA) is 44.1 Å². The molecule has 1 aromatic carbocycles. The predicted octanol–water partition coefficient (Wildman–Crippen LogP) is 5.91. The molecule has 31 heavy (non-hydrogen) atoms. The van der Waals surface area contributed by atoms with Crippen molar-refractivity contribution in [3.8, 4) is 11.3 Å². The minimum atomic E-state index is -0.206. The second kappa shape index (κ2) is 8.08. The lowest BCUT2D eigenvalue weighted by Crippen LogP contribution is -2.44. The number of benzene rings is 1. The maximum Gasteiger partial charge on any atom is 0.258 e. The van der Waals surface area contributed by atoms with Crippen LogP contribution < -0.4 is 5.56 Å². The molecule has 166 valence electrons. The Morgan fingerprint density at radius 3 is 2.74 bits per heavy atom. The van der Waals surface area contributed by atoms with Gasteiger partial charge < -0.3 is 4.74 Å². The Hall–Kier alpha value is -1.59. The lowest BCUT2D eigenvalue weighted by Gasteiger charge is -2.40. The lowest BCUT2D eigenvalue weighted by molar-refractivity contribution is -0.0710. The van der Waals surface area contributed by atoms with Crippen molar-refractivity contribution in [2.75, 3.05) is 12.4 Å². The molecule has 2 heterocycles. The quantitative estimate of drug-likeness (QED) is 0.440. The van der Waals surface area contributed by atoms with E-state index in [0.717, 1.165) is 60.7 Å². The summed E-state index contributed by atoms with van der Waals surface area (Å²) in [5.41, 5.74) is 4.49. The first-order chi connectivity index (χ1) is 14.9. The molecule has 2 fully saturated rings. The van der Waals surface area contributed by atoms with Gasteiger partial charge >= 0.3 is 0 Å². The van der Waals surface area contributed by atoms with Crippen molar-refractivity contribution in [3.63, 3.8) is 0 Å². The fourth-order valence-corrected chi connectivity index (χ4v) is 6.97. The minimum absolute atomic E-state index is 0.0375. The molecule has 0 N–H and O–H groups in total. The smallest absolute Gasteiger partial charge is 0.258 e. The number of thioether (sulfide) groups is 1. The summed E-state index contributed by atoms with van der Waals surface area (Å²) in [4.78, 5) is 19.6. The molecule has 2 aromatic rings. The average Bonchev–Trinajstić information content (AvgIpc) is 3.19. The number of hydrogen-bond donors (Lipinski definition) is 0. The summed E-state index contributed by atoms with van der Waals surface area (Å²) in [5.74, 6) is 0.977. The number of hydrogen-bond acceptors (Lipinski definition) is 4. The van der Waals surface area contributed by atoms with Crippen LogP contribution in [0.1, 0.15) is 82.9 Å². The van der Waals surface area contributed by atoms with Gasteiger partial charge in [0.25, 0.3) is 5.56 Å². The van der Waals surface area contributed by atoms with Crippen LogP contribution >= 0.6 is 11.8 Å². The Labute approximate surface area is 189 Å². The van der Waals surface area contributed by atoms with Crippen LogP contribution in [-0.2, 0) is 16.6 Å². The van der Waals surface area contributed by atoms with Gasteiger partial charge in [0.15, 0.2) is 5.16 Å². The third kappa shape index (κ3) is 3.68. The van der Waals surface area contributed by atoms with Gasteiger partial charge in [-0.2, -0.15) is 0 Å². The molecule has 1 aliphatic heterocycles. The Bertz CT molecular complexity index is 1040. The van der Waals surface area contributed by atoms with Gasteiger partial charge in [-0.1, -0.05) is 55.8 Å². The minimum Gasteiger partial charge on any atom is -0.375 e. The molecule has 0 radical (unpaired) electrons. The van der Waals surface area contributed by atoms with E-state index in [1.54, 1.807) is 11.8 Å². The molecular weight excluding hydrogens is 404 g/mol. The van der Waals surface area contributed by atoms with Crippen LogP contribution in [0, 0.1) is 0 Å². The third-order valence-electron chi connectivity index (χ3n) is 7.45. The summed E-state index contributed by atoms with van der Waals surface area (Å²) in [6.07, 6.45) is 8.41. The third-order valence-corrected chi connectivity index (χ3v) is 8.61. The van der Waals surface area contributed by atoms with Crippen LogP contribution in [0.2, 0.25) is 0 Å². The Balaban J connectivity index is 1.74. The summed E-state index contributed by atoms with van der Waals surface area (Å²) in [7, 11) is 0. The molecule has 1 unspecified atom stereocenters. The highest BCUT2D eigenvalue weighted by Crippen LogP contribution is 2.50. The number of nitrogens with zero attached hydrogens (tertiary/aromatic N) is 2. The van der Waals surface area contributed by atoms with E-state index in [2.05, 4.69) is 49.6 Å². The molecule has 5 heteroatoms. The van der Waals surface area contributed by atoms with Crippen molar-refractivity contribution >= 4 is 11.8 Å². The number of aromatic nitrogens is 2. The first kappa shape index (κ1) is 21.3. The Morgan fingerprint density at radius 1 is 1.23 bits per heavy atom. The Kier molecular flexibility index (Phi) is 5.54. The molecule has 1 spiro atoms. The maximum absolute atomic E-state index is 14.3. The van der Waals surface area contributed by atoms with Gasteiger partial charge in [-0.05, 0) is 57.9 Å². The monoisotopic (exact) mass is 438 g/mol. The van der Waals surface area contributed by atoms with Crippen LogP contribution in [-0.4, -0.2) is 27.5 Å². The van der Waals surface area contributed by atoms with Crippen molar-refractivity contribution in [1.29, 1.82) is 0 Å². The van der Waals surface area contributed by atoms with E-state index < -0.39 is 0 Å². The zero-order valence-corrected chi connectivity index (χ0v) is 19.9. The molecule has 4 nitrogen and oxygen atoms in total. The second-order valence-corrected chi connectivity index (χ2v) is 11.3. The van der Waals surface area contributed by atoms with Crippen LogP contribution in [0.15, 0.2) is 34.2 Å². The molecule has 1 saturated heterocycles.